The molecule has 0 aliphatic rings. The minimum Gasteiger partial charge on any atom is -0.465 e. The van der Waals surface area contributed by atoms with Gasteiger partial charge in [0, 0.05) is 10.0 Å². The number of anilines is 2. The summed E-state index contributed by atoms with van der Waals surface area (Å²) in [4.78, 5) is 24.8. The second-order valence-corrected chi connectivity index (χ2v) is 9.27. The normalized spacial score (nSPS) is 11.0. The Balaban J connectivity index is 1.96. The van der Waals surface area contributed by atoms with Crippen molar-refractivity contribution in [1.82, 2.24) is 0 Å². The molecule has 0 fully saturated rings. The summed E-state index contributed by atoms with van der Waals surface area (Å²) >= 11 is 11.9. The van der Waals surface area contributed by atoms with E-state index in [1.807, 2.05) is 0 Å². The van der Waals surface area contributed by atoms with Gasteiger partial charge in [0.1, 0.15) is 6.54 Å². The maximum atomic E-state index is 13.4. The largest absolute Gasteiger partial charge is 0.465 e. The summed E-state index contributed by atoms with van der Waals surface area (Å²) < 4.78 is 32.4. The van der Waals surface area contributed by atoms with Crippen molar-refractivity contribution in [2.75, 3.05) is 23.3 Å². The van der Waals surface area contributed by atoms with Gasteiger partial charge in [-0.15, -0.1) is 0 Å². The fourth-order valence-electron chi connectivity index (χ4n) is 2.88. The molecule has 3 aromatic rings. The van der Waals surface area contributed by atoms with Crippen molar-refractivity contribution in [2.45, 2.75) is 4.90 Å². The molecule has 0 aliphatic carbocycles. The third-order valence-electron chi connectivity index (χ3n) is 4.39. The number of sulfonamides is 1. The minimum atomic E-state index is -4.14. The van der Waals surface area contributed by atoms with E-state index in [0.717, 1.165) is 4.31 Å². The van der Waals surface area contributed by atoms with Crippen molar-refractivity contribution < 1.29 is 22.7 Å². The SMILES string of the molecule is COC(=O)c1ccccc1NC(=O)CN(c1cccc(Cl)c1)S(=O)(=O)c1ccc(Cl)cc1. The second kappa shape index (κ2) is 10.0. The van der Waals surface area contributed by atoms with Crippen molar-refractivity contribution in [3.63, 3.8) is 0 Å². The Morgan fingerprint density at radius 2 is 1.62 bits per heavy atom. The van der Waals surface area contributed by atoms with Gasteiger partial charge in [0.2, 0.25) is 5.91 Å². The zero-order valence-electron chi connectivity index (χ0n) is 16.8. The predicted octanol–water partition coefficient (Wildman–Crippen LogP) is 4.61. The van der Waals surface area contributed by atoms with Crippen LogP contribution in [0.2, 0.25) is 10.0 Å². The topological polar surface area (TPSA) is 92.8 Å². The molecule has 0 aromatic heterocycles. The lowest BCUT2D eigenvalue weighted by molar-refractivity contribution is -0.114. The molecule has 0 bridgehead atoms. The molecule has 0 radical (unpaired) electrons. The molecule has 10 heteroatoms. The molecule has 1 amide bonds. The van der Waals surface area contributed by atoms with E-state index in [1.165, 1.54) is 55.6 Å². The van der Waals surface area contributed by atoms with Gasteiger partial charge < -0.3 is 10.1 Å². The number of carbonyl (C=O) groups excluding carboxylic acids is 2. The highest BCUT2D eigenvalue weighted by Crippen LogP contribution is 2.27. The van der Waals surface area contributed by atoms with Crippen molar-refractivity contribution >= 4 is 56.5 Å². The van der Waals surface area contributed by atoms with Crippen LogP contribution in [0.3, 0.4) is 0 Å². The van der Waals surface area contributed by atoms with Crippen LogP contribution in [0.15, 0.2) is 77.7 Å². The maximum absolute atomic E-state index is 13.4. The predicted molar refractivity (Wildman–Crippen MR) is 124 cm³/mol. The number of methoxy groups -OCH3 is 1. The zero-order valence-corrected chi connectivity index (χ0v) is 19.1. The van der Waals surface area contributed by atoms with Crippen LogP contribution < -0.4 is 9.62 Å². The highest BCUT2D eigenvalue weighted by atomic mass is 35.5. The van der Waals surface area contributed by atoms with Crippen LogP contribution in [0.1, 0.15) is 10.4 Å². The lowest BCUT2D eigenvalue weighted by Gasteiger charge is -2.24. The molecular weight excluding hydrogens is 475 g/mol. The van der Waals surface area contributed by atoms with Crippen LogP contribution in [0.25, 0.3) is 0 Å². The molecule has 0 spiro atoms. The molecule has 0 unspecified atom stereocenters. The Morgan fingerprint density at radius 1 is 0.938 bits per heavy atom. The fourth-order valence-corrected chi connectivity index (χ4v) is 4.60. The Labute approximate surface area is 195 Å². The summed E-state index contributed by atoms with van der Waals surface area (Å²) in [5, 5.41) is 3.25. The summed E-state index contributed by atoms with van der Waals surface area (Å²) in [7, 11) is -2.92. The highest BCUT2D eigenvalue weighted by Gasteiger charge is 2.28. The lowest BCUT2D eigenvalue weighted by atomic mass is 10.2. The van der Waals surface area contributed by atoms with Crippen LogP contribution in [-0.4, -0.2) is 33.9 Å². The van der Waals surface area contributed by atoms with E-state index in [4.69, 9.17) is 27.9 Å². The molecule has 3 rings (SSSR count). The number of para-hydroxylation sites is 1. The Bertz CT molecular complexity index is 1250. The third kappa shape index (κ3) is 5.40. The quantitative estimate of drug-likeness (QED) is 0.485. The van der Waals surface area contributed by atoms with E-state index >= 15 is 0 Å². The Hall–Kier alpha value is -3.07. The van der Waals surface area contributed by atoms with E-state index in [0.29, 0.717) is 10.0 Å². The zero-order chi connectivity index (χ0) is 23.3. The summed E-state index contributed by atoms with van der Waals surface area (Å²) in [5.41, 5.74) is 0.529. The van der Waals surface area contributed by atoms with Crippen LogP contribution in [0.4, 0.5) is 11.4 Å². The molecule has 32 heavy (non-hydrogen) atoms. The van der Waals surface area contributed by atoms with Crippen molar-refractivity contribution in [2.24, 2.45) is 0 Å². The number of nitrogens with one attached hydrogen (secondary N) is 1. The second-order valence-electron chi connectivity index (χ2n) is 6.53. The number of benzene rings is 3. The highest BCUT2D eigenvalue weighted by molar-refractivity contribution is 7.92. The fraction of sp³-hybridized carbons (Fsp3) is 0.0909. The van der Waals surface area contributed by atoms with E-state index in [1.54, 1.807) is 24.3 Å². The Kier molecular flexibility index (Phi) is 7.40. The molecule has 1 N–H and O–H groups in total. The smallest absolute Gasteiger partial charge is 0.339 e. The average Bonchev–Trinajstić information content (AvgIpc) is 2.77. The van der Waals surface area contributed by atoms with Crippen LogP contribution in [0, 0.1) is 0 Å². The van der Waals surface area contributed by atoms with Crippen LogP contribution >= 0.6 is 23.2 Å². The van der Waals surface area contributed by atoms with Crippen molar-refractivity contribution in [3.05, 3.63) is 88.4 Å². The standard InChI is InChI=1S/C22H18Cl2N2O5S/c1-31-22(28)19-7-2-3-8-20(19)25-21(27)14-26(17-6-4-5-16(24)13-17)32(29,30)18-11-9-15(23)10-12-18/h2-13H,14H2,1H3,(H,25,27). The van der Waals surface area contributed by atoms with Gasteiger partial charge >= 0.3 is 5.97 Å². The molecular formula is C22H18Cl2N2O5S. The van der Waals surface area contributed by atoms with E-state index in [2.05, 4.69) is 5.32 Å². The average molecular weight is 493 g/mol. The minimum absolute atomic E-state index is 0.0513. The summed E-state index contributed by atoms with van der Waals surface area (Å²) in [6.07, 6.45) is 0. The number of carbonyl (C=O) groups is 2. The number of hydrogen-bond acceptors (Lipinski definition) is 5. The van der Waals surface area contributed by atoms with Gasteiger partial charge in [-0.25, -0.2) is 13.2 Å². The van der Waals surface area contributed by atoms with Crippen molar-refractivity contribution in [3.8, 4) is 0 Å². The van der Waals surface area contributed by atoms with Gasteiger partial charge in [-0.3, -0.25) is 9.10 Å². The van der Waals surface area contributed by atoms with Gasteiger partial charge in [-0.05, 0) is 54.6 Å². The molecule has 0 saturated heterocycles. The number of halogens is 2. The summed E-state index contributed by atoms with van der Waals surface area (Å²) in [6.45, 7) is -0.569. The first-order chi connectivity index (χ1) is 15.2. The first-order valence-electron chi connectivity index (χ1n) is 9.23. The van der Waals surface area contributed by atoms with Crippen LogP contribution in [0.5, 0.6) is 0 Å². The number of esters is 1. The van der Waals surface area contributed by atoms with Crippen molar-refractivity contribution in [1.29, 1.82) is 0 Å². The molecule has 7 nitrogen and oxygen atoms in total. The monoisotopic (exact) mass is 492 g/mol. The number of ether oxygens (including phenoxy) is 1. The molecule has 0 atom stereocenters. The molecule has 0 saturated carbocycles. The lowest BCUT2D eigenvalue weighted by Crippen LogP contribution is -2.38. The molecule has 0 aliphatic heterocycles. The van der Waals surface area contributed by atoms with E-state index in [9.17, 15) is 18.0 Å². The first-order valence-corrected chi connectivity index (χ1v) is 11.4. The Morgan fingerprint density at radius 3 is 2.28 bits per heavy atom. The summed E-state index contributed by atoms with van der Waals surface area (Å²) in [6, 6.07) is 17.9. The number of nitrogens with zero attached hydrogens (tertiary/aromatic N) is 1. The molecule has 3 aromatic carbocycles. The van der Waals surface area contributed by atoms with E-state index in [-0.39, 0.29) is 21.8 Å². The van der Waals surface area contributed by atoms with Gasteiger partial charge in [-0.2, -0.15) is 0 Å². The van der Waals surface area contributed by atoms with Gasteiger partial charge in [0.05, 0.1) is 28.9 Å². The van der Waals surface area contributed by atoms with Gasteiger partial charge in [0.25, 0.3) is 10.0 Å². The van der Waals surface area contributed by atoms with Gasteiger partial charge in [-0.1, -0.05) is 41.4 Å². The number of rotatable bonds is 7. The number of amides is 1. The number of hydrogen-bond donors (Lipinski definition) is 1. The van der Waals surface area contributed by atoms with E-state index < -0.39 is 28.4 Å². The summed E-state index contributed by atoms with van der Waals surface area (Å²) in [5.74, 6) is -1.31. The molecule has 166 valence electrons. The third-order valence-corrected chi connectivity index (χ3v) is 6.67. The first kappa shape index (κ1) is 23.6. The maximum Gasteiger partial charge on any atom is 0.339 e. The van der Waals surface area contributed by atoms with Crippen LogP contribution in [-0.2, 0) is 19.6 Å². The van der Waals surface area contributed by atoms with Gasteiger partial charge in [0.15, 0.2) is 0 Å². The molecule has 0 heterocycles.